The summed E-state index contributed by atoms with van der Waals surface area (Å²) in [4.78, 5) is 41.1. The minimum Gasteiger partial charge on any atom is -0.462 e. The molecule has 2 rings (SSSR count). The standard InChI is InChI=1S/C20H24NO9PS2/c1-26-11-12-27-19(22)13-21(20(23)28-14-16-7-3-2-4-8-16)15-31(24,25)30-29-17-9-5-6-10-18(17)33-32/h2-10,32H,11-15H2,1H3,(H,24,25). The summed E-state index contributed by atoms with van der Waals surface area (Å²) in [5.74, 6) is -0.662. The predicted molar refractivity (Wildman–Crippen MR) is 124 cm³/mol. The number of methoxy groups -OCH3 is 1. The van der Waals surface area contributed by atoms with Gasteiger partial charge >= 0.3 is 19.7 Å². The average Bonchev–Trinajstić information content (AvgIpc) is 2.81. The number of thiol groups is 1. The summed E-state index contributed by atoms with van der Waals surface area (Å²) in [6.45, 7) is -0.637. The highest BCUT2D eigenvalue weighted by molar-refractivity contribution is 8.68. The van der Waals surface area contributed by atoms with Gasteiger partial charge in [0.25, 0.3) is 0 Å². The summed E-state index contributed by atoms with van der Waals surface area (Å²) in [5, 5.41) is 0. The molecule has 13 heteroatoms. The van der Waals surface area contributed by atoms with Gasteiger partial charge in [0.1, 0.15) is 26.0 Å². The number of carbonyl (C=O) groups is 2. The molecule has 0 saturated heterocycles. The molecule has 0 spiro atoms. The summed E-state index contributed by atoms with van der Waals surface area (Å²) >= 11 is 4.07. The van der Waals surface area contributed by atoms with Gasteiger partial charge < -0.3 is 24.0 Å². The van der Waals surface area contributed by atoms with Crippen molar-refractivity contribution in [2.75, 3.05) is 33.2 Å². The molecular weight excluding hydrogens is 493 g/mol. The molecular formula is C20H24NO9PS2. The zero-order chi connectivity index (χ0) is 24.1. The molecule has 33 heavy (non-hydrogen) atoms. The van der Waals surface area contributed by atoms with Crippen molar-refractivity contribution in [3.8, 4) is 5.75 Å². The van der Waals surface area contributed by atoms with Gasteiger partial charge in [0.05, 0.1) is 11.5 Å². The minimum atomic E-state index is -4.55. The zero-order valence-electron chi connectivity index (χ0n) is 17.7. The minimum absolute atomic E-state index is 0.0448. The molecule has 1 atom stereocenters. The Morgan fingerprint density at radius 1 is 1.06 bits per heavy atom. The van der Waals surface area contributed by atoms with E-state index in [2.05, 4.69) is 11.7 Å². The van der Waals surface area contributed by atoms with Crippen LogP contribution in [0, 0.1) is 0 Å². The SMILES string of the molecule is COCCOC(=O)CN(CP(=O)(O)OOc1ccccc1SS)C(=O)OCc1ccccc1. The first-order valence-electron chi connectivity index (χ1n) is 9.53. The van der Waals surface area contributed by atoms with Crippen molar-refractivity contribution in [1.82, 2.24) is 4.90 Å². The van der Waals surface area contributed by atoms with Crippen LogP contribution in [0.4, 0.5) is 4.79 Å². The van der Waals surface area contributed by atoms with E-state index in [1.807, 2.05) is 0 Å². The molecule has 0 aliphatic heterocycles. The number of benzene rings is 2. The van der Waals surface area contributed by atoms with Crippen LogP contribution >= 0.6 is 30.1 Å². The molecule has 180 valence electrons. The van der Waals surface area contributed by atoms with Gasteiger partial charge in [-0.15, -0.1) is 11.7 Å². The van der Waals surface area contributed by atoms with Crippen LogP contribution in [0.1, 0.15) is 5.56 Å². The van der Waals surface area contributed by atoms with Crippen LogP contribution in [0.25, 0.3) is 0 Å². The second-order valence-corrected chi connectivity index (χ2v) is 9.30. The van der Waals surface area contributed by atoms with Crippen molar-refractivity contribution in [2.45, 2.75) is 11.5 Å². The monoisotopic (exact) mass is 517 g/mol. The first-order valence-corrected chi connectivity index (χ1v) is 13.2. The van der Waals surface area contributed by atoms with Crippen LogP contribution in [0.3, 0.4) is 0 Å². The summed E-state index contributed by atoms with van der Waals surface area (Å²) in [7, 11) is -2.06. The first-order chi connectivity index (χ1) is 15.8. The molecule has 0 fully saturated rings. The third-order valence-corrected chi connectivity index (χ3v) is 6.00. The lowest BCUT2D eigenvalue weighted by atomic mass is 10.2. The molecule has 2 aromatic rings. The van der Waals surface area contributed by atoms with Crippen molar-refractivity contribution < 1.29 is 42.8 Å². The Labute approximate surface area is 200 Å². The number of para-hydroxylation sites is 1. The van der Waals surface area contributed by atoms with E-state index in [1.165, 1.54) is 13.2 Å². The first kappa shape index (κ1) is 27.0. The largest absolute Gasteiger partial charge is 0.462 e. The normalized spacial score (nSPS) is 12.5. The number of carbonyl (C=O) groups excluding carboxylic acids is 2. The lowest BCUT2D eigenvalue weighted by Gasteiger charge is -2.23. The molecule has 2 aromatic carbocycles. The van der Waals surface area contributed by atoms with Gasteiger partial charge in [0.15, 0.2) is 5.75 Å². The van der Waals surface area contributed by atoms with Crippen LogP contribution in [-0.4, -0.2) is 55.0 Å². The van der Waals surface area contributed by atoms with Gasteiger partial charge in [0, 0.05) is 7.11 Å². The maximum Gasteiger partial charge on any atom is 0.411 e. The molecule has 0 aliphatic carbocycles. The fraction of sp³-hybridized carbons (Fsp3) is 0.300. The molecule has 0 radical (unpaired) electrons. The third kappa shape index (κ3) is 10.1. The zero-order valence-corrected chi connectivity index (χ0v) is 20.3. The van der Waals surface area contributed by atoms with Crippen LogP contribution < -0.4 is 4.89 Å². The maximum absolute atomic E-state index is 12.6. The van der Waals surface area contributed by atoms with E-state index in [-0.39, 0.29) is 25.6 Å². The highest BCUT2D eigenvalue weighted by Gasteiger charge is 2.32. The highest BCUT2D eigenvalue weighted by Crippen LogP contribution is 2.44. The van der Waals surface area contributed by atoms with Gasteiger partial charge in [-0.1, -0.05) is 57.9 Å². The van der Waals surface area contributed by atoms with E-state index in [0.717, 1.165) is 10.8 Å². The van der Waals surface area contributed by atoms with E-state index >= 15 is 0 Å². The summed E-state index contributed by atoms with van der Waals surface area (Å²) in [6.07, 6.45) is -1.89. The maximum atomic E-state index is 12.6. The van der Waals surface area contributed by atoms with Crippen LogP contribution in [0.15, 0.2) is 59.5 Å². The van der Waals surface area contributed by atoms with Crippen LogP contribution in [-0.2, 0) is 34.9 Å². The van der Waals surface area contributed by atoms with Crippen molar-refractivity contribution in [2.24, 2.45) is 0 Å². The Kier molecular flexibility index (Phi) is 11.6. The van der Waals surface area contributed by atoms with Crippen LogP contribution in [0.2, 0.25) is 0 Å². The third-order valence-electron chi connectivity index (χ3n) is 3.87. The number of esters is 1. The van der Waals surface area contributed by atoms with Gasteiger partial charge in [-0.3, -0.25) is 14.3 Å². The number of nitrogens with zero attached hydrogens (tertiary/aromatic N) is 1. The van der Waals surface area contributed by atoms with Crippen molar-refractivity contribution >= 4 is 42.1 Å². The molecule has 0 aromatic heterocycles. The van der Waals surface area contributed by atoms with E-state index in [4.69, 9.17) is 23.8 Å². The Morgan fingerprint density at radius 2 is 1.76 bits per heavy atom. The average molecular weight is 518 g/mol. The Balaban J connectivity index is 2.04. The van der Waals surface area contributed by atoms with E-state index < -0.39 is 32.5 Å². The Bertz CT molecular complexity index is 948. The number of rotatable bonds is 13. The van der Waals surface area contributed by atoms with Crippen molar-refractivity contribution in [3.05, 3.63) is 60.2 Å². The van der Waals surface area contributed by atoms with Crippen molar-refractivity contribution in [3.63, 3.8) is 0 Å². The van der Waals surface area contributed by atoms with E-state index in [1.54, 1.807) is 48.5 Å². The van der Waals surface area contributed by atoms with Gasteiger partial charge in [-0.2, -0.15) is 0 Å². The Hall–Kier alpha value is -2.21. The number of amides is 1. The van der Waals surface area contributed by atoms with Gasteiger partial charge in [0.2, 0.25) is 0 Å². The second-order valence-electron chi connectivity index (χ2n) is 6.43. The fourth-order valence-corrected chi connectivity index (χ4v) is 4.03. The lowest BCUT2D eigenvalue weighted by Crippen LogP contribution is -2.38. The van der Waals surface area contributed by atoms with Gasteiger partial charge in [-0.05, 0) is 17.7 Å². The van der Waals surface area contributed by atoms with Crippen molar-refractivity contribution in [1.29, 1.82) is 0 Å². The van der Waals surface area contributed by atoms with E-state index in [0.29, 0.717) is 15.4 Å². The molecule has 1 N–H and O–H groups in total. The molecule has 1 unspecified atom stereocenters. The quantitative estimate of drug-likeness (QED) is 0.0770. The number of hydrogen-bond donors (Lipinski definition) is 2. The number of hydrogen-bond acceptors (Lipinski definition) is 10. The summed E-state index contributed by atoms with van der Waals surface area (Å²) in [6, 6.07) is 15.4. The summed E-state index contributed by atoms with van der Waals surface area (Å²) < 4.78 is 32.2. The molecule has 0 aliphatic rings. The van der Waals surface area contributed by atoms with Crippen LogP contribution in [0.5, 0.6) is 5.75 Å². The summed E-state index contributed by atoms with van der Waals surface area (Å²) in [5.41, 5.74) is 0.695. The van der Waals surface area contributed by atoms with E-state index in [9.17, 15) is 19.0 Å². The second kappa shape index (κ2) is 14.1. The topological polar surface area (TPSA) is 121 Å². The fourth-order valence-electron chi connectivity index (χ4n) is 2.36. The molecule has 0 heterocycles. The Morgan fingerprint density at radius 3 is 2.45 bits per heavy atom. The predicted octanol–water partition coefficient (Wildman–Crippen LogP) is 3.91. The number of ether oxygens (including phenoxy) is 3. The molecule has 0 bridgehead atoms. The molecule has 0 saturated carbocycles. The highest BCUT2D eigenvalue weighted by atomic mass is 33.1. The molecule has 1 amide bonds. The lowest BCUT2D eigenvalue weighted by molar-refractivity contribution is -0.145. The van der Waals surface area contributed by atoms with Gasteiger partial charge in [-0.25, -0.2) is 4.79 Å². The molecule has 10 nitrogen and oxygen atoms in total. The smallest absolute Gasteiger partial charge is 0.411 e.